The van der Waals surface area contributed by atoms with Crippen LogP contribution in [0.4, 0.5) is 8.78 Å². The third-order valence-corrected chi connectivity index (χ3v) is 2.87. The van der Waals surface area contributed by atoms with Crippen LogP contribution in [-0.2, 0) is 5.88 Å². The van der Waals surface area contributed by atoms with E-state index in [1.807, 2.05) is 13.0 Å². The number of rotatable bonds is 3. The lowest BCUT2D eigenvalue weighted by atomic mass is 10.1. The number of benzene rings is 2. The average Bonchev–Trinajstić information content (AvgIpc) is 2.34. The maximum absolute atomic E-state index is 13.0. The van der Waals surface area contributed by atoms with Crippen molar-refractivity contribution < 1.29 is 13.5 Å². The Morgan fingerprint density at radius 3 is 2.28 bits per heavy atom. The van der Waals surface area contributed by atoms with E-state index in [9.17, 15) is 8.78 Å². The third-order valence-electron chi connectivity index (χ3n) is 2.58. The molecule has 94 valence electrons. The Balaban J connectivity index is 2.23. The van der Waals surface area contributed by atoms with Gasteiger partial charge in [-0.05, 0) is 42.3 Å². The van der Waals surface area contributed by atoms with Gasteiger partial charge in [0.1, 0.15) is 11.5 Å². The van der Waals surface area contributed by atoms with Crippen molar-refractivity contribution in [3.8, 4) is 11.5 Å². The van der Waals surface area contributed by atoms with Gasteiger partial charge in [-0.3, -0.25) is 0 Å². The fourth-order valence-corrected chi connectivity index (χ4v) is 1.86. The summed E-state index contributed by atoms with van der Waals surface area (Å²) in [5.74, 6) is -0.575. The van der Waals surface area contributed by atoms with E-state index in [1.165, 1.54) is 6.07 Å². The molecule has 0 radical (unpaired) electrons. The zero-order valence-corrected chi connectivity index (χ0v) is 10.5. The summed E-state index contributed by atoms with van der Waals surface area (Å²) < 4.78 is 31.2. The summed E-state index contributed by atoms with van der Waals surface area (Å²) in [5.41, 5.74) is 2.00. The summed E-state index contributed by atoms with van der Waals surface area (Å²) >= 11 is 5.75. The zero-order chi connectivity index (χ0) is 13.1. The van der Waals surface area contributed by atoms with Gasteiger partial charge in [-0.2, -0.15) is 0 Å². The van der Waals surface area contributed by atoms with Gasteiger partial charge in [0.05, 0.1) is 0 Å². The van der Waals surface area contributed by atoms with E-state index in [0.717, 1.165) is 23.3 Å². The molecule has 0 spiro atoms. The summed E-state index contributed by atoms with van der Waals surface area (Å²) in [6.07, 6.45) is 0. The van der Waals surface area contributed by atoms with Crippen molar-refractivity contribution in [2.24, 2.45) is 0 Å². The highest BCUT2D eigenvalue weighted by molar-refractivity contribution is 6.17. The van der Waals surface area contributed by atoms with Crippen LogP contribution in [0, 0.1) is 18.6 Å². The summed E-state index contributed by atoms with van der Waals surface area (Å²) in [7, 11) is 0. The highest BCUT2D eigenvalue weighted by atomic mass is 35.5. The van der Waals surface area contributed by atoms with Gasteiger partial charge >= 0.3 is 0 Å². The minimum atomic E-state index is -0.929. The molecule has 0 aliphatic rings. The molecule has 4 heteroatoms. The van der Waals surface area contributed by atoms with E-state index >= 15 is 0 Å². The van der Waals surface area contributed by atoms with Gasteiger partial charge in [-0.15, -0.1) is 11.6 Å². The van der Waals surface area contributed by atoms with Gasteiger partial charge in [0, 0.05) is 11.9 Å². The van der Waals surface area contributed by atoms with Crippen LogP contribution in [0.25, 0.3) is 0 Å². The van der Waals surface area contributed by atoms with Gasteiger partial charge in [0.15, 0.2) is 11.6 Å². The van der Waals surface area contributed by atoms with Crippen LogP contribution in [0.3, 0.4) is 0 Å². The number of ether oxygens (including phenoxy) is 1. The number of alkyl halides is 1. The first-order valence-electron chi connectivity index (χ1n) is 5.38. The van der Waals surface area contributed by atoms with E-state index < -0.39 is 11.6 Å². The summed E-state index contributed by atoms with van der Waals surface area (Å²) in [4.78, 5) is 0. The van der Waals surface area contributed by atoms with E-state index in [4.69, 9.17) is 16.3 Å². The molecule has 1 nitrogen and oxygen atoms in total. The molecule has 0 aliphatic heterocycles. The fraction of sp³-hybridized carbons (Fsp3) is 0.143. The molecule has 2 aromatic rings. The summed E-state index contributed by atoms with van der Waals surface area (Å²) in [6, 6.07) is 8.82. The Morgan fingerprint density at radius 1 is 1.00 bits per heavy atom. The van der Waals surface area contributed by atoms with Gasteiger partial charge < -0.3 is 4.74 Å². The first-order valence-corrected chi connectivity index (χ1v) is 5.92. The van der Waals surface area contributed by atoms with Crippen LogP contribution in [0.5, 0.6) is 11.5 Å². The van der Waals surface area contributed by atoms with Crippen molar-refractivity contribution in [1.29, 1.82) is 0 Å². The lowest BCUT2D eigenvalue weighted by Crippen LogP contribution is -1.90. The second kappa shape index (κ2) is 5.36. The van der Waals surface area contributed by atoms with E-state index in [1.54, 1.807) is 12.1 Å². The molecule has 0 aliphatic carbocycles. The first kappa shape index (κ1) is 12.8. The van der Waals surface area contributed by atoms with E-state index in [2.05, 4.69) is 0 Å². The molecule has 0 amide bonds. The highest BCUT2D eigenvalue weighted by Gasteiger charge is 2.05. The standard InChI is InChI=1S/C14H11ClF2O/c1-9-6-11(3-2-10(9)8-15)18-12-4-5-13(16)14(17)7-12/h2-7H,8H2,1H3. The SMILES string of the molecule is Cc1cc(Oc2ccc(F)c(F)c2)ccc1CCl. The number of hydrogen-bond donors (Lipinski definition) is 0. The van der Waals surface area contributed by atoms with Crippen molar-refractivity contribution >= 4 is 11.6 Å². The van der Waals surface area contributed by atoms with Crippen molar-refractivity contribution in [3.63, 3.8) is 0 Å². The van der Waals surface area contributed by atoms with Crippen LogP contribution < -0.4 is 4.74 Å². The summed E-state index contributed by atoms with van der Waals surface area (Å²) in [5, 5.41) is 0. The Hall–Kier alpha value is -1.61. The molecule has 0 saturated heterocycles. The van der Waals surface area contributed by atoms with Gasteiger partial charge in [-0.1, -0.05) is 6.07 Å². The van der Waals surface area contributed by atoms with Crippen LogP contribution in [0.1, 0.15) is 11.1 Å². The van der Waals surface area contributed by atoms with Gasteiger partial charge in [0.25, 0.3) is 0 Å². The van der Waals surface area contributed by atoms with Crippen molar-refractivity contribution in [2.75, 3.05) is 0 Å². The van der Waals surface area contributed by atoms with Crippen molar-refractivity contribution in [1.82, 2.24) is 0 Å². The number of hydrogen-bond acceptors (Lipinski definition) is 1. The highest BCUT2D eigenvalue weighted by Crippen LogP contribution is 2.25. The molecular weight excluding hydrogens is 258 g/mol. The van der Waals surface area contributed by atoms with Crippen LogP contribution in [0.2, 0.25) is 0 Å². The minimum Gasteiger partial charge on any atom is -0.457 e. The lowest BCUT2D eigenvalue weighted by molar-refractivity contribution is 0.461. The van der Waals surface area contributed by atoms with E-state index in [-0.39, 0.29) is 5.75 Å². The topological polar surface area (TPSA) is 9.23 Å². The molecule has 0 heterocycles. The fourth-order valence-electron chi connectivity index (χ4n) is 1.56. The second-order valence-electron chi connectivity index (χ2n) is 3.90. The Morgan fingerprint density at radius 2 is 1.67 bits per heavy atom. The molecule has 0 N–H and O–H groups in total. The van der Waals surface area contributed by atoms with Gasteiger partial charge in [0.2, 0.25) is 0 Å². The molecular formula is C14H11ClF2O. The third kappa shape index (κ3) is 2.79. The Bertz CT molecular complexity index is 570. The molecule has 0 fully saturated rings. The van der Waals surface area contributed by atoms with Crippen LogP contribution in [-0.4, -0.2) is 0 Å². The quantitative estimate of drug-likeness (QED) is 0.726. The molecule has 0 atom stereocenters. The second-order valence-corrected chi connectivity index (χ2v) is 4.17. The maximum atomic E-state index is 13.0. The lowest BCUT2D eigenvalue weighted by Gasteiger charge is -2.08. The zero-order valence-electron chi connectivity index (χ0n) is 9.71. The van der Waals surface area contributed by atoms with Gasteiger partial charge in [-0.25, -0.2) is 8.78 Å². The van der Waals surface area contributed by atoms with Crippen LogP contribution >= 0.6 is 11.6 Å². The summed E-state index contributed by atoms with van der Waals surface area (Å²) in [6.45, 7) is 1.91. The molecule has 0 unspecified atom stereocenters. The van der Waals surface area contributed by atoms with E-state index in [0.29, 0.717) is 11.6 Å². The van der Waals surface area contributed by atoms with Crippen molar-refractivity contribution in [3.05, 3.63) is 59.2 Å². The molecule has 18 heavy (non-hydrogen) atoms. The van der Waals surface area contributed by atoms with Crippen molar-refractivity contribution in [2.45, 2.75) is 12.8 Å². The maximum Gasteiger partial charge on any atom is 0.162 e. The Labute approximate surface area is 109 Å². The molecule has 0 aromatic heterocycles. The first-order chi connectivity index (χ1) is 8.60. The largest absolute Gasteiger partial charge is 0.457 e. The predicted octanol–water partition coefficient (Wildman–Crippen LogP) is 4.80. The minimum absolute atomic E-state index is 0.256. The molecule has 0 saturated carbocycles. The molecule has 2 rings (SSSR count). The Kier molecular flexibility index (Phi) is 3.82. The number of aryl methyl sites for hydroxylation is 1. The monoisotopic (exact) mass is 268 g/mol. The number of halogens is 3. The average molecular weight is 269 g/mol. The molecule has 0 bridgehead atoms. The normalized spacial score (nSPS) is 10.4. The predicted molar refractivity (Wildman–Crippen MR) is 67.2 cm³/mol. The van der Waals surface area contributed by atoms with Crippen LogP contribution in [0.15, 0.2) is 36.4 Å². The smallest absolute Gasteiger partial charge is 0.162 e. The molecule has 2 aromatic carbocycles.